The molecule has 1 aliphatic carbocycles. The van der Waals surface area contributed by atoms with Crippen molar-refractivity contribution in [3.05, 3.63) is 30.3 Å². The van der Waals surface area contributed by atoms with Crippen LogP contribution in [0.2, 0.25) is 0 Å². The molecule has 0 bridgehead atoms. The van der Waals surface area contributed by atoms with E-state index in [1.165, 1.54) is 0 Å². The first kappa shape index (κ1) is 17.5. The molecule has 1 aromatic rings. The number of hydrogen-bond donors (Lipinski definition) is 0. The third-order valence-electron chi connectivity index (χ3n) is 5.46. The first-order valence-electron chi connectivity index (χ1n) is 8.96. The first-order chi connectivity index (χ1) is 12.0. The van der Waals surface area contributed by atoms with Crippen LogP contribution in [0.5, 0.6) is 0 Å². The standard InChI is InChI=1S/C19H25N3O3/c1-3-21(15-10-6-4-7-11-15)16(23)14-22-17(24)19(20(2)18(22)25)12-8-5-9-13-19/h4,6-7,10-11H,3,5,8-9,12-14H2,1-2H3. The monoisotopic (exact) mass is 343 g/mol. The molecule has 2 fully saturated rings. The Balaban J connectivity index is 1.79. The molecule has 6 nitrogen and oxygen atoms in total. The highest BCUT2D eigenvalue weighted by Crippen LogP contribution is 2.39. The van der Waals surface area contributed by atoms with Crippen LogP contribution in [0, 0.1) is 0 Å². The fourth-order valence-corrected chi connectivity index (χ4v) is 4.00. The summed E-state index contributed by atoms with van der Waals surface area (Å²) < 4.78 is 0. The number of rotatable bonds is 4. The summed E-state index contributed by atoms with van der Waals surface area (Å²) in [5.74, 6) is -0.450. The van der Waals surface area contributed by atoms with Crippen molar-refractivity contribution >= 4 is 23.5 Å². The Bertz CT molecular complexity index is 668. The number of imide groups is 1. The van der Waals surface area contributed by atoms with Crippen LogP contribution in [-0.2, 0) is 9.59 Å². The summed E-state index contributed by atoms with van der Waals surface area (Å²) in [5.41, 5.74) is 0.0363. The molecule has 6 heteroatoms. The van der Waals surface area contributed by atoms with Gasteiger partial charge in [-0.05, 0) is 31.9 Å². The van der Waals surface area contributed by atoms with E-state index in [1.54, 1.807) is 16.8 Å². The van der Waals surface area contributed by atoms with Crippen LogP contribution in [0.25, 0.3) is 0 Å². The second-order valence-electron chi connectivity index (χ2n) is 6.80. The van der Waals surface area contributed by atoms with Crippen molar-refractivity contribution in [2.75, 3.05) is 25.0 Å². The summed E-state index contributed by atoms with van der Waals surface area (Å²) in [6.07, 6.45) is 4.35. The molecule has 0 N–H and O–H groups in total. The number of carbonyl (C=O) groups excluding carboxylic acids is 3. The second kappa shape index (κ2) is 6.86. The van der Waals surface area contributed by atoms with Gasteiger partial charge in [0.05, 0.1) is 0 Å². The van der Waals surface area contributed by atoms with Crippen LogP contribution in [0.15, 0.2) is 30.3 Å². The second-order valence-corrected chi connectivity index (χ2v) is 6.80. The van der Waals surface area contributed by atoms with Crippen molar-refractivity contribution in [2.24, 2.45) is 0 Å². The van der Waals surface area contributed by atoms with E-state index in [-0.39, 0.29) is 24.4 Å². The lowest BCUT2D eigenvalue weighted by molar-refractivity contribution is -0.136. The molecule has 1 spiro atoms. The predicted octanol–water partition coefficient (Wildman–Crippen LogP) is 2.64. The van der Waals surface area contributed by atoms with Gasteiger partial charge >= 0.3 is 6.03 Å². The van der Waals surface area contributed by atoms with Crippen LogP contribution in [-0.4, -0.2) is 53.3 Å². The number of nitrogens with zero attached hydrogens (tertiary/aromatic N) is 3. The van der Waals surface area contributed by atoms with E-state index in [0.717, 1.165) is 29.8 Å². The quantitative estimate of drug-likeness (QED) is 0.790. The van der Waals surface area contributed by atoms with E-state index >= 15 is 0 Å². The zero-order chi connectivity index (χ0) is 18.0. The molecule has 2 aliphatic rings. The van der Waals surface area contributed by atoms with Crippen molar-refractivity contribution in [2.45, 2.75) is 44.6 Å². The highest BCUT2D eigenvalue weighted by atomic mass is 16.2. The van der Waals surface area contributed by atoms with Crippen molar-refractivity contribution in [3.63, 3.8) is 0 Å². The van der Waals surface area contributed by atoms with Gasteiger partial charge in [-0.3, -0.25) is 14.5 Å². The predicted molar refractivity (Wildman–Crippen MR) is 95.2 cm³/mol. The van der Waals surface area contributed by atoms with Gasteiger partial charge in [-0.25, -0.2) is 4.79 Å². The Hall–Kier alpha value is -2.37. The zero-order valence-corrected chi connectivity index (χ0v) is 14.9. The van der Waals surface area contributed by atoms with Gasteiger partial charge in [-0.1, -0.05) is 37.5 Å². The van der Waals surface area contributed by atoms with E-state index < -0.39 is 5.54 Å². The summed E-state index contributed by atoms with van der Waals surface area (Å²) in [4.78, 5) is 42.7. The summed E-state index contributed by atoms with van der Waals surface area (Å²) >= 11 is 0. The lowest BCUT2D eigenvalue weighted by atomic mass is 9.81. The number of urea groups is 1. The minimum atomic E-state index is -0.737. The van der Waals surface area contributed by atoms with Crippen LogP contribution in [0.1, 0.15) is 39.0 Å². The van der Waals surface area contributed by atoms with Gasteiger partial charge in [0.25, 0.3) is 5.91 Å². The zero-order valence-electron chi connectivity index (χ0n) is 14.9. The van der Waals surface area contributed by atoms with Gasteiger partial charge in [0.1, 0.15) is 12.1 Å². The third-order valence-corrected chi connectivity index (χ3v) is 5.46. The maximum atomic E-state index is 13.0. The molecule has 0 radical (unpaired) electrons. The first-order valence-corrected chi connectivity index (χ1v) is 8.96. The molecule has 1 heterocycles. The van der Waals surface area contributed by atoms with E-state index in [4.69, 9.17) is 0 Å². The molecule has 1 aliphatic heterocycles. The Labute approximate surface area is 148 Å². The number of carbonyl (C=O) groups is 3. The smallest absolute Gasteiger partial charge is 0.313 e. The molecule has 1 saturated heterocycles. The summed E-state index contributed by atoms with van der Waals surface area (Å²) in [6, 6.07) is 8.96. The normalized spacial score (nSPS) is 19.6. The Morgan fingerprint density at radius 3 is 2.36 bits per heavy atom. The van der Waals surface area contributed by atoms with E-state index in [2.05, 4.69) is 0 Å². The van der Waals surface area contributed by atoms with Gasteiger partial charge in [-0.15, -0.1) is 0 Å². The summed E-state index contributed by atoms with van der Waals surface area (Å²) in [6.45, 7) is 2.17. The van der Waals surface area contributed by atoms with Crippen molar-refractivity contribution in [1.29, 1.82) is 0 Å². The Kier molecular flexibility index (Phi) is 4.79. The number of hydrogen-bond acceptors (Lipinski definition) is 3. The minimum Gasteiger partial charge on any atom is -0.313 e. The maximum absolute atomic E-state index is 13.0. The van der Waals surface area contributed by atoms with Crippen molar-refractivity contribution < 1.29 is 14.4 Å². The topological polar surface area (TPSA) is 60.9 Å². The van der Waals surface area contributed by atoms with Crippen molar-refractivity contribution in [3.8, 4) is 0 Å². The maximum Gasteiger partial charge on any atom is 0.327 e. The molecule has 3 rings (SSSR count). The number of anilines is 1. The molecular weight excluding hydrogens is 318 g/mol. The Morgan fingerprint density at radius 2 is 1.76 bits per heavy atom. The lowest BCUT2D eigenvalue weighted by Gasteiger charge is -2.35. The van der Waals surface area contributed by atoms with Gasteiger partial charge in [0.2, 0.25) is 5.91 Å². The molecule has 25 heavy (non-hydrogen) atoms. The lowest BCUT2D eigenvalue weighted by Crippen LogP contribution is -2.49. The average Bonchev–Trinajstić information content (AvgIpc) is 2.80. The number of para-hydroxylation sites is 1. The van der Waals surface area contributed by atoms with Crippen LogP contribution in [0.4, 0.5) is 10.5 Å². The Morgan fingerprint density at radius 1 is 1.12 bits per heavy atom. The van der Waals surface area contributed by atoms with E-state index in [0.29, 0.717) is 19.4 Å². The number of likely N-dealkylation sites (N-methyl/N-ethyl adjacent to an activating group) is 2. The molecule has 0 aromatic heterocycles. The van der Waals surface area contributed by atoms with Crippen LogP contribution < -0.4 is 4.90 Å². The van der Waals surface area contributed by atoms with E-state index in [1.807, 2.05) is 37.3 Å². The van der Waals surface area contributed by atoms with E-state index in [9.17, 15) is 14.4 Å². The number of benzene rings is 1. The number of amides is 4. The summed E-state index contributed by atoms with van der Waals surface area (Å²) in [5, 5.41) is 0. The minimum absolute atomic E-state index is 0.202. The fraction of sp³-hybridized carbons (Fsp3) is 0.526. The van der Waals surface area contributed by atoms with Gasteiger partial charge in [0.15, 0.2) is 0 Å². The SMILES string of the molecule is CCN(C(=O)CN1C(=O)N(C)C2(CCCCC2)C1=O)c1ccccc1. The molecule has 0 atom stereocenters. The van der Waals surface area contributed by atoms with Gasteiger partial charge < -0.3 is 9.80 Å². The largest absolute Gasteiger partial charge is 0.327 e. The molecule has 134 valence electrons. The summed E-state index contributed by atoms with van der Waals surface area (Å²) in [7, 11) is 1.69. The molecular formula is C19H25N3O3. The van der Waals surface area contributed by atoms with Crippen LogP contribution in [0.3, 0.4) is 0 Å². The fourth-order valence-electron chi connectivity index (χ4n) is 4.00. The highest BCUT2D eigenvalue weighted by molar-refractivity contribution is 6.10. The van der Waals surface area contributed by atoms with Gasteiger partial charge in [0, 0.05) is 19.3 Å². The third kappa shape index (κ3) is 2.90. The van der Waals surface area contributed by atoms with Crippen molar-refractivity contribution in [1.82, 2.24) is 9.80 Å². The van der Waals surface area contributed by atoms with Gasteiger partial charge in [-0.2, -0.15) is 0 Å². The highest BCUT2D eigenvalue weighted by Gasteiger charge is 2.55. The average molecular weight is 343 g/mol. The molecule has 1 saturated carbocycles. The van der Waals surface area contributed by atoms with Crippen LogP contribution >= 0.6 is 0 Å². The molecule has 4 amide bonds. The molecule has 1 aromatic carbocycles. The molecule has 0 unspecified atom stereocenters.